The topological polar surface area (TPSA) is 252 Å². The fourth-order valence-electron chi connectivity index (χ4n) is 7.55. The lowest BCUT2D eigenvalue weighted by Gasteiger charge is -2.28. The van der Waals surface area contributed by atoms with Gasteiger partial charge in [0.2, 0.25) is 0 Å². The number of azide groups is 3. The standard InChI is InChI=1S/3C7H13N3O.C7H12O.C6H10O2/c1-5-2-3-6(11)4-7(5)9-10-8;1-5-2-3-7(11)6(4-5)9-10-8;1-5-2-3-6(9-10-8)7(11)4-5;1-5-2-3-6-7(4-5)8-6;7-4-1-2-5-6(3-4)8-5/h3*5-7,11H,2-4H2,1H3;5-7H,2-4H2,1H3;4-7H,1-3H2/t5-,6+,7+;5-,6-,7+;5-,6-,7-;5-,6?,7+;4-,5?,6+/m01111/s1. The van der Waals surface area contributed by atoms with Crippen LogP contribution in [0.3, 0.4) is 0 Å². The highest BCUT2D eigenvalue weighted by atomic mass is 16.6. The number of aliphatic hydroxyl groups is 4. The summed E-state index contributed by atoms with van der Waals surface area (Å²) in [5, 5.41) is 47.7. The van der Waals surface area contributed by atoms with Gasteiger partial charge in [-0.15, -0.1) is 0 Å². The van der Waals surface area contributed by atoms with Crippen molar-refractivity contribution in [1.29, 1.82) is 0 Å². The Morgan fingerprint density at radius 1 is 0.449 bits per heavy atom. The number of aliphatic hydroxyl groups excluding tert-OH is 4. The maximum atomic E-state index is 9.41. The molecule has 15 atom stereocenters. The molecular formula is C34H61N9O6. The van der Waals surface area contributed by atoms with E-state index in [0.717, 1.165) is 76.5 Å². The summed E-state index contributed by atoms with van der Waals surface area (Å²) in [5.74, 6) is 2.50. The fraction of sp³-hybridized carbons (Fsp3) is 1.00. The van der Waals surface area contributed by atoms with Gasteiger partial charge in [0.25, 0.3) is 0 Å². The van der Waals surface area contributed by atoms with E-state index < -0.39 is 12.2 Å². The Morgan fingerprint density at radius 2 is 0.939 bits per heavy atom. The Morgan fingerprint density at radius 3 is 1.51 bits per heavy atom. The van der Waals surface area contributed by atoms with E-state index in [2.05, 4.69) is 57.8 Å². The van der Waals surface area contributed by atoms with Crippen molar-refractivity contribution in [2.24, 2.45) is 39.0 Å². The highest BCUT2D eigenvalue weighted by Crippen LogP contribution is 2.39. The summed E-state index contributed by atoms with van der Waals surface area (Å²) in [4.78, 5) is 8.17. The molecular weight excluding hydrogens is 630 g/mol. The third kappa shape index (κ3) is 15.2. The smallest absolute Gasteiger partial charge is 0.0866 e. The van der Waals surface area contributed by atoms with Crippen LogP contribution in [0.4, 0.5) is 0 Å². The van der Waals surface area contributed by atoms with E-state index in [-0.39, 0.29) is 30.3 Å². The summed E-state index contributed by atoms with van der Waals surface area (Å²) in [6, 6.07) is -0.372. The van der Waals surface area contributed by atoms with Gasteiger partial charge in [-0.3, -0.25) is 0 Å². The van der Waals surface area contributed by atoms with Crippen LogP contribution in [0, 0.1) is 23.7 Å². The first-order valence-electron chi connectivity index (χ1n) is 18.6. The van der Waals surface area contributed by atoms with Crippen LogP contribution in [0.25, 0.3) is 31.3 Å². The van der Waals surface area contributed by atoms with Gasteiger partial charge in [-0.25, -0.2) is 0 Å². The Kier molecular flexibility index (Phi) is 17.7. The summed E-state index contributed by atoms with van der Waals surface area (Å²) >= 11 is 0. The number of ether oxygens (including phenoxy) is 2. The number of hydrogen-bond acceptors (Lipinski definition) is 9. The zero-order chi connectivity index (χ0) is 35.9. The molecule has 0 aromatic heterocycles. The van der Waals surface area contributed by atoms with Crippen molar-refractivity contribution in [1.82, 2.24) is 0 Å². The van der Waals surface area contributed by atoms with Gasteiger partial charge in [-0.05, 0) is 124 Å². The molecule has 7 rings (SSSR count). The first-order chi connectivity index (χ1) is 23.4. The normalized spacial score (nSPS) is 42.7. The zero-order valence-electron chi connectivity index (χ0n) is 29.9. The highest BCUT2D eigenvalue weighted by Gasteiger charge is 2.43. The molecule has 0 aromatic rings. The molecule has 0 aromatic carbocycles. The van der Waals surface area contributed by atoms with E-state index in [1.54, 1.807) is 0 Å². The molecule has 7 fully saturated rings. The number of hydrogen-bond donors (Lipinski definition) is 4. The van der Waals surface area contributed by atoms with E-state index in [4.69, 9.17) is 31.2 Å². The molecule has 2 aliphatic heterocycles. The minimum absolute atomic E-state index is 0.00347. The molecule has 15 heteroatoms. The molecule has 2 unspecified atom stereocenters. The second kappa shape index (κ2) is 21.1. The van der Waals surface area contributed by atoms with Crippen molar-refractivity contribution >= 4 is 0 Å². The van der Waals surface area contributed by atoms with Gasteiger partial charge in [0, 0.05) is 27.2 Å². The van der Waals surface area contributed by atoms with Crippen molar-refractivity contribution in [3.8, 4) is 0 Å². The van der Waals surface area contributed by atoms with Crippen LogP contribution in [0.1, 0.15) is 124 Å². The average molecular weight is 692 g/mol. The molecule has 49 heavy (non-hydrogen) atoms. The summed E-state index contributed by atoms with van der Waals surface area (Å²) in [7, 11) is 0. The number of fused-ring (bicyclic) bond motifs is 2. The third-order valence-corrected chi connectivity index (χ3v) is 11.1. The molecule has 278 valence electrons. The summed E-state index contributed by atoms with van der Waals surface area (Å²) in [6.07, 6.45) is 15.8. The molecule has 7 aliphatic rings. The second-order valence-corrected chi connectivity index (χ2v) is 15.5. The van der Waals surface area contributed by atoms with E-state index in [0.29, 0.717) is 48.6 Å². The van der Waals surface area contributed by atoms with E-state index in [1.165, 1.54) is 19.3 Å². The molecule has 5 aliphatic carbocycles. The van der Waals surface area contributed by atoms with Gasteiger partial charge in [-0.2, -0.15) is 0 Å². The van der Waals surface area contributed by atoms with Crippen LogP contribution in [-0.2, 0) is 9.47 Å². The minimum atomic E-state index is -0.422. The predicted molar refractivity (Wildman–Crippen MR) is 186 cm³/mol. The van der Waals surface area contributed by atoms with Crippen molar-refractivity contribution in [3.05, 3.63) is 31.3 Å². The number of rotatable bonds is 3. The van der Waals surface area contributed by atoms with Gasteiger partial charge in [0.1, 0.15) is 0 Å². The van der Waals surface area contributed by atoms with Crippen LogP contribution in [-0.4, -0.2) is 87.4 Å². The Balaban J connectivity index is 0.000000167. The molecule has 4 N–H and O–H groups in total. The van der Waals surface area contributed by atoms with Crippen molar-refractivity contribution in [2.75, 3.05) is 0 Å². The summed E-state index contributed by atoms with van der Waals surface area (Å²) in [6.45, 7) is 8.60. The first-order valence-corrected chi connectivity index (χ1v) is 18.6. The zero-order valence-corrected chi connectivity index (χ0v) is 29.9. The van der Waals surface area contributed by atoms with E-state index >= 15 is 0 Å². The lowest BCUT2D eigenvalue weighted by atomic mass is 9.85. The molecule has 2 heterocycles. The lowest BCUT2D eigenvalue weighted by molar-refractivity contribution is 0.0858. The quantitative estimate of drug-likeness (QED) is 0.101. The highest BCUT2D eigenvalue weighted by molar-refractivity contribution is 4.92. The monoisotopic (exact) mass is 691 g/mol. The SMILES string of the molecule is C[C@@H]1CCC2O[C@H]2C1.C[C@@H]1CC[C@@H](N=[N+]=[N-])[C@H](O)C1.C[C@@H]1CC[C@H](O)[C@H](N=[N+]=[N-])C1.C[C@H]1CC[C@@H](O)C[C@H]1N=[N+]=[N-].O[C@@H]1CCC2O[C@H]2C1. The van der Waals surface area contributed by atoms with Crippen LogP contribution >= 0.6 is 0 Å². The molecule has 0 spiro atoms. The van der Waals surface area contributed by atoms with Gasteiger partial charge < -0.3 is 29.9 Å². The predicted octanol–water partition coefficient (Wildman–Crippen LogP) is 7.41. The van der Waals surface area contributed by atoms with Crippen LogP contribution < -0.4 is 0 Å². The molecule has 0 radical (unpaired) electrons. The van der Waals surface area contributed by atoms with Crippen molar-refractivity contribution in [2.45, 2.75) is 191 Å². The summed E-state index contributed by atoms with van der Waals surface area (Å²) < 4.78 is 10.5. The Hall–Kier alpha value is -2.31. The van der Waals surface area contributed by atoms with Crippen molar-refractivity contribution in [3.63, 3.8) is 0 Å². The van der Waals surface area contributed by atoms with E-state index in [9.17, 15) is 15.3 Å². The van der Waals surface area contributed by atoms with Gasteiger partial charge in [0.15, 0.2) is 0 Å². The van der Waals surface area contributed by atoms with Crippen molar-refractivity contribution < 1.29 is 29.9 Å². The molecule has 15 nitrogen and oxygen atoms in total. The largest absolute Gasteiger partial charge is 0.393 e. The first kappa shape index (κ1) is 41.1. The minimum Gasteiger partial charge on any atom is -0.393 e. The Labute approximate surface area is 291 Å². The van der Waals surface area contributed by atoms with Gasteiger partial charge in [-0.1, -0.05) is 49.5 Å². The lowest BCUT2D eigenvalue weighted by Crippen LogP contribution is -2.31. The third-order valence-electron chi connectivity index (χ3n) is 11.1. The molecule has 0 amide bonds. The van der Waals surface area contributed by atoms with Gasteiger partial charge in [0.05, 0.1) is 60.9 Å². The second-order valence-electron chi connectivity index (χ2n) is 15.5. The summed E-state index contributed by atoms with van der Waals surface area (Å²) in [5.41, 5.74) is 24.5. The van der Waals surface area contributed by atoms with Crippen LogP contribution in [0.2, 0.25) is 0 Å². The van der Waals surface area contributed by atoms with Gasteiger partial charge >= 0.3 is 0 Å². The van der Waals surface area contributed by atoms with Crippen LogP contribution in [0.5, 0.6) is 0 Å². The molecule has 0 bridgehead atoms. The maximum absolute atomic E-state index is 9.41. The Bertz CT molecular complexity index is 1070. The van der Waals surface area contributed by atoms with E-state index in [1.807, 2.05) is 0 Å². The maximum Gasteiger partial charge on any atom is 0.0866 e. The number of epoxide rings is 2. The number of nitrogens with zero attached hydrogens (tertiary/aromatic N) is 9. The molecule has 2 saturated heterocycles. The average Bonchev–Trinajstić information content (AvgIpc) is 3.99. The van der Waals surface area contributed by atoms with Crippen LogP contribution in [0.15, 0.2) is 15.3 Å². The fourth-order valence-corrected chi connectivity index (χ4v) is 7.55. The molecule has 5 saturated carbocycles.